The average Bonchev–Trinajstić information content (AvgIpc) is 2.59. The summed E-state index contributed by atoms with van der Waals surface area (Å²) < 4.78 is 23.8. The third-order valence-corrected chi connectivity index (χ3v) is 3.61. The Balaban J connectivity index is 1.84. The van der Waals surface area contributed by atoms with Crippen LogP contribution in [0.2, 0.25) is 5.02 Å². The fraction of sp³-hybridized carbons (Fsp3) is 0.278. The van der Waals surface area contributed by atoms with Crippen LogP contribution in [-0.4, -0.2) is 19.1 Å². The molecule has 0 aliphatic carbocycles. The molecular weight excluding hydrogens is 333 g/mol. The van der Waals surface area contributed by atoms with Crippen molar-refractivity contribution in [3.8, 4) is 5.75 Å². The highest BCUT2D eigenvalue weighted by Crippen LogP contribution is 2.20. The lowest BCUT2D eigenvalue weighted by Crippen LogP contribution is -2.28. The summed E-state index contributed by atoms with van der Waals surface area (Å²) in [5.74, 6) is -0.464. The highest BCUT2D eigenvalue weighted by atomic mass is 35.5. The lowest BCUT2D eigenvalue weighted by Gasteiger charge is -2.11. The quantitative estimate of drug-likeness (QED) is 0.788. The molecule has 4 nitrogen and oxygen atoms in total. The molecule has 2 aromatic carbocycles. The molecule has 0 bridgehead atoms. The summed E-state index contributed by atoms with van der Waals surface area (Å²) in [7, 11) is 0. The van der Waals surface area contributed by atoms with Gasteiger partial charge in [0.1, 0.15) is 11.6 Å². The molecule has 0 radical (unpaired) electrons. The summed E-state index contributed by atoms with van der Waals surface area (Å²) in [6.45, 7) is 3.29. The number of hydrogen-bond acceptors (Lipinski definition) is 3. The standard InChI is InChI=1S/C18H19ClFNO3/c1-2-23-11-14-6-4-3-5-13(14)10-21-18(22)12-24-15-7-8-17(20)16(19)9-15/h3-9H,2,10-12H2,1H3,(H,21,22). The van der Waals surface area contributed by atoms with E-state index in [9.17, 15) is 9.18 Å². The zero-order valence-corrected chi connectivity index (χ0v) is 14.1. The van der Waals surface area contributed by atoms with Crippen molar-refractivity contribution in [2.45, 2.75) is 20.1 Å². The lowest BCUT2D eigenvalue weighted by atomic mass is 10.1. The van der Waals surface area contributed by atoms with Crippen LogP contribution in [0.25, 0.3) is 0 Å². The van der Waals surface area contributed by atoms with Gasteiger partial charge in [-0.2, -0.15) is 0 Å². The summed E-state index contributed by atoms with van der Waals surface area (Å²) in [6.07, 6.45) is 0. The van der Waals surface area contributed by atoms with Crippen molar-refractivity contribution >= 4 is 17.5 Å². The van der Waals surface area contributed by atoms with E-state index >= 15 is 0 Å². The van der Waals surface area contributed by atoms with E-state index < -0.39 is 5.82 Å². The highest BCUT2D eigenvalue weighted by Gasteiger charge is 2.07. The van der Waals surface area contributed by atoms with E-state index in [1.807, 2.05) is 31.2 Å². The minimum atomic E-state index is -0.528. The average molecular weight is 352 g/mol. The molecule has 0 saturated carbocycles. The molecule has 1 amide bonds. The smallest absolute Gasteiger partial charge is 0.258 e. The number of benzene rings is 2. The summed E-state index contributed by atoms with van der Waals surface area (Å²) >= 11 is 5.66. The summed E-state index contributed by atoms with van der Waals surface area (Å²) in [5, 5.41) is 2.74. The van der Waals surface area contributed by atoms with Gasteiger partial charge in [-0.1, -0.05) is 35.9 Å². The first-order valence-electron chi connectivity index (χ1n) is 7.59. The molecule has 6 heteroatoms. The van der Waals surface area contributed by atoms with Crippen molar-refractivity contribution in [1.82, 2.24) is 5.32 Å². The third-order valence-electron chi connectivity index (χ3n) is 3.32. The zero-order chi connectivity index (χ0) is 17.4. The molecule has 0 atom stereocenters. The Morgan fingerprint density at radius 1 is 1.21 bits per heavy atom. The Morgan fingerprint density at radius 3 is 2.67 bits per heavy atom. The van der Waals surface area contributed by atoms with Gasteiger partial charge in [0.25, 0.3) is 5.91 Å². The van der Waals surface area contributed by atoms with E-state index in [2.05, 4.69) is 5.32 Å². The van der Waals surface area contributed by atoms with Gasteiger partial charge in [0.05, 0.1) is 11.6 Å². The van der Waals surface area contributed by atoms with Crippen LogP contribution in [0.3, 0.4) is 0 Å². The number of carbonyl (C=O) groups excluding carboxylic acids is 1. The maximum atomic E-state index is 13.1. The number of hydrogen-bond donors (Lipinski definition) is 1. The van der Waals surface area contributed by atoms with Crippen LogP contribution < -0.4 is 10.1 Å². The Morgan fingerprint density at radius 2 is 1.96 bits per heavy atom. The zero-order valence-electron chi connectivity index (χ0n) is 13.4. The van der Waals surface area contributed by atoms with Crippen molar-refractivity contribution < 1.29 is 18.7 Å². The van der Waals surface area contributed by atoms with Gasteiger partial charge in [-0.25, -0.2) is 4.39 Å². The minimum Gasteiger partial charge on any atom is -0.484 e. The summed E-state index contributed by atoms with van der Waals surface area (Å²) in [6, 6.07) is 11.7. The molecule has 0 heterocycles. The van der Waals surface area contributed by atoms with Gasteiger partial charge in [-0.15, -0.1) is 0 Å². The molecule has 24 heavy (non-hydrogen) atoms. The fourth-order valence-corrected chi connectivity index (χ4v) is 2.21. The van der Waals surface area contributed by atoms with E-state index in [-0.39, 0.29) is 17.5 Å². The van der Waals surface area contributed by atoms with Crippen molar-refractivity contribution in [2.75, 3.05) is 13.2 Å². The lowest BCUT2D eigenvalue weighted by molar-refractivity contribution is -0.123. The molecule has 0 aromatic heterocycles. The second-order valence-corrected chi connectivity index (χ2v) is 5.45. The van der Waals surface area contributed by atoms with Crippen molar-refractivity contribution in [1.29, 1.82) is 0 Å². The second-order valence-electron chi connectivity index (χ2n) is 5.05. The van der Waals surface area contributed by atoms with Crippen LogP contribution in [0.15, 0.2) is 42.5 Å². The van der Waals surface area contributed by atoms with E-state index in [4.69, 9.17) is 21.1 Å². The van der Waals surface area contributed by atoms with Crippen molar-refractivity contribution in [3.63, 3.8) is 0 Å². The molecule has 2 aromatic rings. The van der Waals surface area contributed by atoms with E-state index in [0.717, 1.165) is 11.1 Å². The Kier molecular flexibility index (Phi) is 7.03. The molecule has 0 aliphatic rings. The number of halogens is 2. The van der Waals surface area contributed by atoms with Gasteiger partial charge in [0.2, 0.25) is 0 Å². The highest BCUT2D eigenvalue weighted by molar-refractivity contribution is 6.30. The molecule has 0 aliphatic heterocycles. The predicted octanol–water partition coefficient (Wildman–Crippen LogP) is 3.71. The number of ether oxygens (including phenoxy) is 2. The van der Waals surface area contributed by atoms with Crippen molar-refractivity contribution in [2.24, 2.45) is 0 Å². The van der Waals surface area contributed by atoms with Gasteiger partial charge in [0.15, 0.2) is 6.61 Å². The predicted molar refractivity (Wildman–Crippen MR) is 90.5 cm³/mol. The van der Waals surface area contributed by atoms with Crippen LogP contribution in [0.5, 0.6) is 5.75 Å². The van der Waals surface area contributed by atoms with Crippen LogP contribution in [0.1, 0.15) is 18.1 Å². The first-order chi connectivity index (χ1) is 11.6. The first kappa shape index (κ1) is 18.2. The number of nitrogens with one attached hydrogen (secondary N) is 1. The monoisotopic (exact) mass is 351 g/mol. The molecule has 0 unspecified atom stereocenters. The van der Waals surface area contributed by atoms with Gasteiger partial charge >= 0.3 is 0 Å². The second kappa shape index (κ2) is 9.25. The molecular formula is C18H19ClFNO3. The Labute approximate surface area is 145 Å². The fourth-order valence-electron chi connectivity index (χ4n) is 2.04. The number of carbonyl (C=O) groups is 1. The van der Waals surface area contributed by atoms with Crippen LogP contribution in [0, 0.1) is 5.82 Å². The molecule has 1 N–H and O–H groups in total. The summed E-state index contributed by atoms with van der Waals surface area (Å²) in [4.78, 5) is 11.9. The normalized spacial score (nSPS) is 10.5. The SMILES string of the molecule is CCOCc1ccccc1CNC(=O)COc1ccc(F)c(Cl)c1. The topological polar surface area (TPSA) is 47.6 Å². The largest absolute Gasteiger partial charge is 0.484 e. The van der Waals surface area contributed by atoms with E-state index in [0.29, 0.717) is 25.5 Å². The van der Waals surface area contributed by atoms with Crippen LogP contribution >= 0.6 is 11.6 Å². The van der Waals surface area contributed by atoms with E-state index in [1.54, 1.807) is 0 Å². The van der Waals surface area contributed by atoms with Crippen molar-refractivity contribution in [3.05, 3.63) is 64.4 Å². The molecule has 0 spiro atoms. The molecule has 2 rings (SSSR count). The van der Waals surface area contributed by atoms with Gasteiger partial charge in [-0.05, 0) is 30.2 Å². The minimum absolute atomic E-state index is 0.0437. The molecule has 128 valence electrons. The number of rotatable bonds is 8. The third kappa shape index (κ3) is 5.51. The van der Waals surface area contributed by atoms with Gasteiger partial charge in [0, 0.05) is 19.2 Å². The summed E-state index contributed by atoms with van der Waals surface area (Å²) in [5.41, 5.74) is 2.02. The maximum Gasteiger partial charge on any atom is 0.258 e. The van der Waals surface area contributed by atoms with Gasteiger partial charge in [-0.3, -0.25) is 4.79 Å². The Hall–Kier alpha value is -2.11. The molecule has 0 fully saturated rings. The van der Waals surface area contributed by atoms with Crippen LogP contribution in [-0.2, 0) is 22.7 Å². The Bertz CT molecular complexity index is 694. The first-order valence-corrected chi connectivity index (χ1v) is 7.97. The number of amides is 1. The van der Waals surface area contributed by atoms with Gasteiger partial charge < -0.3 is 14.8 Å². The van der Waals surface area contributed by atoms with E-state index in [1.165, 1.54) is 18.2 Å². The maximum absolute atomic E-state index is 13.1. The molecule has 0 saturated heterocycles. The van der Waals surface area contributed by atoms with Crippen LogP contribution in [0.4, 0.5) is 4.39 Å².